The van der Waals surface area contributed by atoms with Crippen LogP contribution in [0.15, 0.2) is 48.5 Å². The van der Waals surface area contributed by atoms with E-state index in [1.165, 1.54) is 0 Å². The number of rotatable bonds is 8. The van der Waals surface area contributed by atoms with Crippen molar-refractivity contribution in [3.8, 4) is 16.9 Å². The third-order valence-electron chi connectivity index (χ3n) is 4.45. The van der Waals surface area contributed by atoms with Crippen LogP contribution in [0.1, 0.15) is 26.3 Å². The first-order valence-electron chi connectivity index (χ1n) is 9.04. The highest BCUT2D eigenvalue weighted by molar-refractivity contribution is 5.80. The summed E-state index contributed by atoms with van der Waals surface area (Å²) >= 11 is 0. The monoisotopic (exact) mass is 370 g/mol. The average Bonchev–Trinajstić information content (AvgIpc) is 2.59. The standard InChI is InChI=1S/C22H30N2O3/c1-22(2,3)20(21(23)25)24(4)14-17-12-9-13-18(19(17)27-15-26-5)16-10-7-6-8-11-16/h6-13,20H,14-15H2,1-5H3,(H2,23,25). The van der Waals surface area contributed by atoms with Crippen molar-refractivity contribution in [2.24, 2.45) is 11.1 Å². The van der Waals surface area contributed by atoms with Gasteiger partial charge in [0.05, 0.1) is 6.04 Å². The second kappa shape index (κ2) is 9.02. The second-order valence-corrected chi connectivity index (χ2v) is 7.80. The zero-order chi connectivity index (χ0) is 20.0. The van der Waals surface area contributed by atoms with Gasteiger partial charge in [0.2, 0.25) is 5.91 Å². The number of hydrogen-bond acceptors (Lipinski definition) is 4. The number of ether oxygens (including phenoxy) is 2. The Bertz CT molecular complexity index is 754. The summed E-state index contributed by atoms with van der Waals surface area (Å²) in [6, 6.07) is 15.7. The Labute approximate surface area is 162 Å². The maximum atomic E-state index is 12.1. The van der Waals surface area contributed by atoms with Gasteiger partial charge in [-0.15, -0.1) is 0 Å². The minimum absolute atomic E-state index is 0.152. The molecule has 0 aliphatic carbocycles. The zero-order valence-corrected chi connectivity index (χ0v) is 16.9. The van der Waals surface area contributed by atoms with Gasteiger partial charge in [0.1, 0.15) is 5.75 Å². The molecule has 5 heteroatoms. The molecular formula is C22H30N2O3. The molecule has 0 aromatic heterocycles. The lowest BCUT2D eigenvalue weighted by Gasteiger charge is -2.36. The number of primary amides is 1. The Balaban J connectivity index is 2.42. The number of nitrogens with zero attached hydrogens (tertiary/aromatic N) is 1. The minimum atomic E-state index is -0.395. The normalized spacial score (nSPS) is 12.8. The largest absolute Gasteiger partial charge is 0.467 e. The first kappa shape index (κ1) is 20.9. The van der Waals surface area contributed by atoms with Crippen LogP contribution in [0.5, 0.6) is 5.75 Å². The summed E-state index contributed by atoms with van der Waals surface area (Å²) in [5.41, 5.74) is 8.45. The number of carbonyl (C=O) groups excluding carboxylic acids is 1. The summed E-state index contributed by atoms with van der Waals surface area (Å²) < 4.78 is 11.1. The summed E-state index contributed by atoms with van der Waals surface area (Å²) in [6.07, 6.45) is 0. The SMILES string of the molecule is COCOc1c(CN(C)C(C(N)=O)C(C)(C)C)cccc1-c1ccccc1. The van der Waals surface area contributed by atoms with E-state index in [1.54, 1.807) is 7.11 Å². The fourth-order valence-corrected chi connectivity index (χ4v) is 3.51. The molecule has 2 N–H and O–H groups in total. The van der Waals surface area contributed by atoms with Crippen LogP contribution in [0.3, 0.4) is 0 Å². The van der Waals surface area contributed by atoms with Crippen molar-refractivity contribution in [2.75, 3.05) is 21.0 Å². The average molecular weight is 370 g/mol. The van der Waals surface area contributed by atoms with Crippen molar-refractivity contribution in [1.29, 1.82) is 0 Å². The van der Waals surface area contributed by atoms with Crippen LogP contribution < -0.4 is 10.5 Å². The lowest BCUT2D eigenvalue weighted by molar-refractivity contribution is -0.126. The fraction of sp³-hybridized carbons (Fsp3) is 0.409. The van der Waals surface area contributed by atoms with Gasteiger partial charge in [-0.25, -0.2) is 0 Å². The van der Waals surface area contributed by atoms with Gasteiger partial charge in [-0.2, -0.15) is 0 Å². The van der Waals surface area contributed by atoms with Gasteiger partial charge in [0.15, 0.2) is 6.79 Å². The van der Waals surface area contributed by atoms with Gasteiger partial charge >= 0.3 is 0 Å². The Kier molecular flexibility index (Phi) is 6.99. The fourth-order valence-electron chi connectivity index (χ4n) is 3.51. The van der Waals surface area contributed by atoms with Crippen LogP contribution in [0.4, 0.5) is 0 Å². The molecule has 0 heterocycles. The molecule has 2 aromatic rings. The van der Waals surface area contributed by atoms with Gasteiger partial charge in [-0.05, 0) is 18.0 Å². The topological polar surface area (TPSA) is 64.8 Å². The number of benzene rings is 2. The van der Waals surface area contributed by atoms with E-state index in [1.807, 2.05) is 81.2 Å². The van der Waals surface area contributed by atoms with Crippen molar-refractivity contribution in [1.82, 2.24) is 4.90 Å². The lowest BCUT2D eigenvalue weighted by Crippen LogP contribution is -2.50. The predicted molar refractivity (Wildman–Crippen MR) is 108 cm³/mol. The van der Waals surface area contributed by atoms with Gasteiger partial charge in [0, 0.05) is 24.8 Å². The lowest BCUT2D eigenvalue weighted by atomic mass is 9.85. The maximum Gasteiger partial charge on any atom is 0.235 e. The molecule has 1 amide bonds. The molecule has 0 aliphatic rings. The summed E-state index contributed by atoms with van der Waals surface area (Å²) in [6.45, 7) is 6.73. The highest BCUT2D eigenvalue weighted by atomic mass is 16.7. The van der Waals surface area contributed by atoms with Crippen LogP contribution in [0.25, 0.3) is 11.1 Å². The molecule has 2 aromatic carbocycles. The molecule has 0 saturated heterocycles. The minimum Gasteiger partial charge on any atom is -0.467 e. The first-order chi connectivity index (χ1) is 12.8. The van der Waals surface area contributed by atoms with Gasteiger partial charge in [-0.1, -0.05) is 69.3 Å². The van der Waals surface area contributed by atoms with E-state index in [0.717, 1.165) is 22.4 Å². The third-order valence-corrected chi connectivity index (χ3v) is 4.45. The highest BCUT2D eigenvalue weighted by Crippen LogP contribution is 2.35. The van der Waals surface area contributed by atoms with Gasteiger partial charge in [0.25, 0.3) is 0 Å². The molecule has 5 nitrogen and oxygen atoms in total. The van der Waals surface area contributed by atoms with E-state index in [4.69, 9.17) is 15.2 Å². The molecule has 1 atom stereocenters. The number of para-hydroxylation sites is 1. The summed E-state index contributed by atoms with van der Waals surface area (Å²) in [7, 11) is 3.51. The van der Waals surface area contributed by atoms with Gasteiger partial charge < -0.3 is 15.2 Å². The maximum absolute atomic E-state index is 12.1. The molecule has 0 radical (unpaired) electrons. The number of carbonyl (C=O) groups is 1. The molecule has 2 rings (SSSR count). The summed E-state index contributed by atoms with van der Waals surface area (Å²) in [5, 5.41) is 0. The summed E-state index contributed by atoms with van der Waals surface area (Å²) in [5.74, 6) is 0.429. The van der Waals surface area contributed by atoms with Crippen LogP contribution in [0.2, 0.25) is 0 Å². The van der Waals surface area contributed by atoms with E-state index in [0.29, 0.717) is 6.54 Å². The van der Waals surface area contributed by atoms with Crippen molar-refractivity contribution in [3.05, 3.63) is 54.1 Å². The molecule has 27 heavy (non-hydrogen) atoms. The van der Waals surface area contributed by atoms with Crippen molar-refractivity contribution in [3.63, 3.8) is 0 Å². The molecule has 0 spiro atoms. The van der Waals surface area contributed by atoms with Crippen LogP contribution in [0, 0.1) is 5.41 Å². The number of methoxy groups -OCH3 is 1. The number of amides is 1. The third kappa shape index (κ3) is 5.31. The summed E-state index contributed by atoms with van der Waals surface area (Å²) in [4.78, 5) is 14.0. The van der Waals surface area contributed by atoms with Crippen molar-refractivity contribution in [2.45, 2.75) is 33.4 Å². The Morgan fingerprint density at radius 3 is 2.33 bits per heavy atom. The molecule has 0 bridgehead atoms. The quantitative estimate of drug-likeness (QED) is 0.720. The highest BCUT2D eigenvalue weighted by Gasteiger charge is 2.33. The Hall–Kier alpha value is -2.37. The zero-order valence-electron chi connectivity index (χ0n) is 16.9. The first-order valence-corrected chi connectivity index (χ1v) is 9.04. The molecule has 1 unspecified atom stereocenters. The molecular weight excluding hydrogens is 340 g/mol. The number of nitrogens with two attached hydrogens (primary N) is 1. The van der Waals surface area contributed by atoms with E-state index < -0.39 is 6.04 Å². The van der Waals surface area contributed by atoms with Gasteiger partial charge in [-0.3, -0.25) is 9.69 Å². The van der Waals surface area contributed by atoms with E-state index >= 15 is 0 Å². The molecule has 146 valence electrons. The van der Waals surface area contributed by atoms with E-state index in [2.05, 4.69) is 0 Å². The van der Waals surface area contributed by atoms with Crippen LogP contribution in [-0.4, -0.2) is 37.8 Å². The smallest absolute Gasteiger partial charge is 0.235 e. The van der Waals surface area contributed by atoms with Crippen LogP contribution in [-0.2, 0) is 16.1 Å². The number of likely N-dealkylation sites (N-methyl/N-ethyl adjacent to an activating group) is 1. The Morgan fingerprint density at radius 2 is 1.78 bits per heavy atom. The predicted octanol–water partition coefficient (Wildman–Crippen LogP) is 3.67. The van der Waals surface area contributed by atoms with Crippen molar-refractivity contribution < 1.29 is 14.3 Å². The molecule has 0 saturated carbocycles. The van der Waals surface area contributed by atoms with Crippen molar-refractivity contribution >= 4 is 5.91 Å². The van der Waals surface area contributed by atoms with Crippen LogP contribution >= 0.6 is 0 Å². The molecule has 0 aliphatic heterocycles. The Morgan fingerprint density at radius 1 is 1.11 bits per heavy atom. The van der Waals surface area contributed by atoms with E-state index in [-0.39, 0.29) is 18.1 Å². The second-order valence-electron chi connectivity index (χ2n) is 7.80. The number of hydrogen-bond donors (Lipinski definition) is 1. The molecule has 0 fully saturated rings. The van der Waals surface area contributed by atoms with E-state index in [9.17, 15) is 4.79 Å².